The van der Waals surface area contributed by atoms with Crippen molar-refractivity contribution in [3.63, 3.8) is 0 Å². The van der Waals surface area contributed by atoms with Crippen molar-refractivity contribution in [2.24, 2.45) is 0 Å². The summed E-state index contributed by atoms with van der Waals surface area (Å²) in [6.45, 7) is 0.489. The normalized spacial score (nSPS) is 10.2. The smallest absolute Gasteiger partial charge is 0.125 e. The van der Waals surface area contributed by atoms with Crippen LogP contribution in [-0.2, 0) is 13.2 Å². The van der Waals surface area contributed by atoms with Gasteiger partial charge in [-0.15, -0.1) is 0 Å². The molecular weight excluding hydrogens is 154 g/mol. The van der Waals surface area contributed by atoms with Crippen molar-refractivity contribution in [2.75, 3.05) is 7.05 Å². The first kappa shape index (κ1) is 9.03. The van der Waals surface area contributed by atoms with E-state index in [0.29, 0.717) is 12.1 Å². The average molecular weight is 167 g/mol. The molecule has 0 aliphatic rings. The van der Waals surface area contributed by atoms with Crippen LogP contribution in [0.1, 0.15) is 11.1 Å². The molecule has 1 rings (SSSR count). The number of aliphatic hydroxyl groups is 1. The molecule has 66 valence electrons. The Kier molecular flexibility index (Phi) is 3.08. The Labute approximate surface area is 71.7 Å². The molecule has 12 heavy (non-hydrogen) atoms. The fraction of sp³-hybridized carbons (Fsp3) is 0.333. The minimum atomic E-state index is -0.122. The number of aliphatic hydroxyl groups excluding tert-OH is 1. The highest BCUT2D eigenvalue weighted by Gasteiger charge is 2.03. The second-order valence-electron chi connectivity index (χ2n) is 2.61. The molecular formula is C9H13NO2. The molecule has 1 aromatic carbocycles. The molecule has 0 fully saturated rings. The van der Waals surface area contributed by atoms with Crippen LogP contribution in [0.2, 0.25) is 0 Å². The third kappa shape index (κ3) is 1.75. The molecule has 0 heterocycles. The topological polar surface area (TPSA) is 52.5 Å². The number of para-hydroxylation sites is 1. The molecule has 3 N–H and O–H groups in total. The van der Waals surface area contributed by atoms with Gasteiger partial charge < -0.3 is 15.5 Å². The predicted octanol–water partition coefficient (Wildman–Crippen LogP) is 0.604. The summed E-state index contributed by atoms with van der Waals surface area (Å²) in [5.74, 6) is 0.189. The van der Waals surface area contributed by atoms with Crippen LogP contribution in [0.4, 0.5) is 0 Å². The Morgan fingerprint density at radius 2 is 2.00 bits per heavy atom. The van der Waals surface area contributed by atoms with Gasteiger partial charge >= 0.3 is 0 Å². The van der Waals surface area contributed by atoms with Crippen molar-refractivity contribution in [3.05, 3.63) is 29.3 Å². The monoisotopic (exact) mass is 167 g/mol. The van der Waals surface area contributed by atoms with E-state index in [2.05, 4.69) is 5.32 Å². The van der Waals surface area contributed by atoms with E-state index in [-0.39, 0.29) is 12.4 Å². The molecule has 0 radical (unpaired) electrons. The summed E-state index contributed by atoms with van der Waals surface area (Å²) in [5.41, 5.74) is 1.38. The number of phenols is 1. The van der Waals surface area contributed by atoms with E-state index in [1.54, 1.807) is 6.07 Å². The third-order valence-electron chi connectivity index (χ3n) is 1.74. The van der Waals surface area contributed by atoms with Crippen LogP contribution in [0.25, 0.3) is 0 Å². The van der Waals surface area contributed by atoms with Gasteiger partial charge in [0.15, 0.2) is 0 Å². The highest BCUT2D eigenvalue weighted by molar-refractivity contribution is 5.39. The zero-order chi connectivity index (χ0) is 8.97. The lowest BCUT2D eigenvalue weighted by molar-refractivity contribution is 0.275. The molecule has 1 aromatic rings. The summed E-state index contributed by atoms with van der Waals surface area (Å²) in [7, 11) is 1.81. The first-order valence-corrected chi connectivity index (χ1v) is 3.84. The summed E-state index contributed by atoms with van der Waals surface area (Å²) in [6, 6.07) is 5.34. The summed E-state index contributed by atoms with van der Waals surface area (Å²) in [6.07, 6.45) is 0. The Balaban J connectivity index is 2.97. The van der Waals surface area contributed by atoms with Crippen LogP contribution in [0.5, 0.6) is 5.75 Å². The van der Waals surface area contributed by atoms with E-state index < -0.39 is 0 Å². The lowest BCUT2D eigenvalue weighted by Crippen LogP contribution is -2.05. The Bertz CT molecular complexity index is 261. The molecule has 0 spiro atoms. The molecule has 0 unspecified atom stereocenters. The maximum absolute atomic E-state index is 9.52. The summed E-state index contributed by atoms with van der Waals surface area (Å²) < 4.78 is 0. The number of aromatic hydroxyl groups is 1. The molecule has 0 aliphatic heterocycles. The Morgan fingerprint density at radius 1 is 1.33 bits per heavy atom. The van der Waals surface area contributed by atoms with E-state index in [4.69, 9.17) is 5.11 Å². The minimum Gasteiger partial charge on any atom is -0.507 e. The fourth-order valence-corrected chi connectivity index (χ4v) is 1.11. The maximum atomic E-state index is 9.52. The number of hydrogen-bond acceptors (Lipinski definition) is 3. The van der Waals surface area contributed by atoms with Gasteiger partial charge in [0.25, 0.3) is 0 Å². The average Bonchev–Trinajstić information content (AvgIpc) is 2.09. The molecule has 0 saturated carbocycles. The van der Waals surface area contributed by atoms with Crippen molar-refractivity contribution < 1.29 is 10.2 Å². The lowest BCUT2D eigenvalue weighted by atomic mass is 10.1. The van der Waals surface area contributed by atoms with Crippen molar-refractivity contribution in [2.45, 2.75) is 13.2 Å². The second kappa shape index (κ2) is 4.09. The SMILES string of the molecule is CNCc1cccc(CO)c1O. The van der Waals surface area contributed by atoms with Gasteiger partial charge in [-0.1, -0.05) is 18.2 Å². The van der Waals surface area contributed by atoms with Crippen molar-refractivity contribution in [1.82, 2.24) is 5.32 Å². The van der Waals surface area contributed by atoms with E-state index in [9.17, 15) is 5.11 Å². The molecule has 0 aliphatic carbocycles. The number of rotatable bonds is 3. The Hall–Kier alpha value is -1.06. The van der Waals surface area contributed by atoms with E-state index in [0.717, 1.165) is 5.56 Å². The van der Waals surface area contributed by atoms with Gasteiger partial charge in [0.05, 0.1) is 6.61 Å². The molecule has 0 aromatic heterocycles. The van der Waals surface area contributed by atoms with Crippen LogP contribution in [-0.4, -0.2) is 17.3 Å². The summed E-state index contributed by atoms with van der Waals surface area (Å²) in [5, 5.41) is 21.3. The molecule has 3 heteroatoms. The van der Waals surface area contributed by atoms with Crippen molar-refractivity contribution >= 4 is 0 Å². The third-order valence-corrected chi connectivity index (χ3v) is 1.74. The van der Waals surface area contributed by atoms with Gasteiger partial charge in [0.1, 0.15) is 5.75 Å². The van der Waals surface area contributed by atoms with Gasteiger partial charge in [-0.05, 0) is 7.05 Å². The molecule has 3 nitrogen and oxygen atoms in total. The quantitative estimate of drug-likeness (QED) is 0.618. The Morgan fingerprint density at radius 3 is 2.58 bits per heavy atom. The number of nitrogens with one attached hydrogen (secondary N) is 1. The lowest BCUT2D eigenvalue weighted by Gasteiger charge is -2.06. The van der Waals surface area contributed by atoms with E-state index >= 15 is 0 Å². The van der Waals surface area contributed by atoms with Gasteiger partial charge in [0.2, 0.25) is 0 Å². The highest BCUT2D eigenvalue weighted by atomic mass is 16.3. The maximum Gasteiger partial charge on any atom is 0.125 e. The van der Waals surface area contributed by atoms with Gasteiger partial charge in [0, 0.05) is 17.7 Å². The standard InChI is InChI=1S/C9H13NO2/c1-10-5-7-3-2-4-8(6-11)9(7)12/h2-4,10-12H,5-6H2,1H3. The minimum absolute atomic E-state index is 0.122. The zero-order valence-electron chi connectivity index (χ0n) is 7.04. The van der Waals surface area contributed by atoms with Crippen molar-refractivity contribution in [3.8, 4) is 5.75 Å². The highest BCUT2D eigenvalue weighted by Crippen LogP contribution is 2.21. The zero-order valence-corrected chi connectivity index (χ0v) is 7.04. The van der Waals surface area contributed by atoms with Gasteiger partial charge in [-0.2, -0.15) is 0 Å². The number of hydrogen-bond donors (Lipinski definition) is 3. The molecule has 0 saturated heterocycles. The van der Waals surface area contributed by atoms with Crippen LogP contribution >= 0.6 is 0 Å². The van der Waals surface area contributed by atoms with Crippen LogP contribution < -0.4 is 5.32 Å². The largest absolute Gasteiger partial charge is 0.507 e. The molecule has 0 atom stereocenters. The van der Waals surface area contributed by atoms with Gasteiger partial charge in [-0.25, -0.2) is 0 Å². The van der Waals surface area contributed by atoms with E-state index in [1.165, 1.54) is 0 Å². The van der Waals surface area contributed by atoms with Crippen LogP contribution in [0.15, 0.2) is 18.2 Å². The molecule has 0 bridgehead atoms. The van der Waals surface area contributed by atoms with Crippen molar-refractivity contribution in [1.29, 1.82) is 0 Å². The summed E-state index contributed by atoms with van der Waals surface area (Å²) >= 11 is 0. The van der Waals surface area contributed by atoms with Crippen LogP contribution in [0, 0.1) is 0 Å². The van der Waals surface area contributed by atoms with Gasteiger partial charge in [-0.3, -0.25) is 0 Å². The second-order valence-corrected chi connectivity index (χ2v) is 2.61. The fourth-order valence-electron chi connectivity index (χ4n) is 1.11. The number of benzene rings is 1. The van der Waals surface area contributed by atoms with E-state index in [1.807, 2.05) is 19.2 Å². The first-order valence-electron chi connectivity index (χ1n) is 3.84. The first-order chi connectivity index (χ1) is 5.79. The molecule has 0 amide bonds. The summed E-state index contributed by atoms with van der Waals surface area (Å²) in [4.78, 5) is 0. The van der Waals surface area contributed by atoms with Crippen LogP contribution in [0.3, 0.4) is 0 Å². The predicted molar refractivity (Wildman–Crippen MR) is 46.8 cm³/mol.